The second-order valence-electron chi connectivity index (χ2n) is 6.41. The summed E-state index contributed by atoms with van der Waals surface area (Å²) < 4.78 is 13.0. The molecule has 0 amide bonds. The number of aliphatic hydroxyl groups excluding tert-OH is 1. The van der Waals surface area contributed by atoms with Crippen molar-refractivity contribution in [2.24, 2.45) is 16.6 Å². The molecule has 0 radical (unpaired) electrons. The Kier molecular flexibility index (Phi) is 5.00. The summed E-state index contributed by atoms with van der Waals surface area (Å²) in [6, 6.07) is 6.60. The van der Waals surface area contributed by atoms with Crippen LogP contribution in [0.1, 0.15) is 19.3 Å². The first-order valence-electron chi connectivity index (χ1n) is 8.37. The van der Waals surface area contributed by atoms with Crippen LogP contribution in [-0.4, -0.2) is 54.8 Å². The molecule has 1 saturated carbocycles. The van der Waals surface area contributed by atoms with Gasteiger partial charge >= 0.3 is 0 Å². The second-order valence-corrected chi connectivity index (χ2v) is 6.41. The number of guanidine groups is 1. The van der Waals surface area contributed by atoms with Gasteiger partial charge in [0.1, 0.15) is 5.82 Å². The van der Waals surface area contributed by atoms with Gasteiger partial charge in [0, 0.05) is 44.3 Å². The molecule has 2 atom stereocenters. The standard InChI is InChI=1S/C17H25FN4O/c18-14-4-6-15(7-5-14)21-8-10-22(11-9-21)17(19)20-12-13-2-1-3-16(13)23/h4-7,13,16,23H,1-3,8-12H2,(H2,19,20). The molecule has 3 N–H and O–H groups in total. The first kappa shape index (κ1) is 16.1. The normalized spacial score (nSPS) is 25.9. The van der Waals surface area contributed by atoms with E-state index in [1.165, 1.54) is 12.1 Å². The average Bonchev–Trinajstić information content (AvgIpc) is 2.99. The number of anilines is 1. The largest absolute Gasteiger partial charge is 0.393 e. The van der Waals surface area contributed by atoms with Gasteiger partial charge in [0.05, 0.1) is 6.10 Å². The Morgan fingerprint density at radius 3 is 2.48 bits per heavy atom. The van der Waals surface area contributed by atoms with Gasteiger partial charge in [0.25, 0.3) is 0 Å². The van der Waals surface area contributed by atoms with E-state index >= 15 is 0 Å². The van der Waals surface area contributed by atoms with Crippen LogP contribution in [0.3, 0.4) is 0 Å². The van der Waals surface area contributed by atoms with E-state index in [-0.39, 0.29) is 17.8 Å². The van der Waals surface area contributed by atoms with E-state index in [2.05, 4.69) is 14.8 Å². The first-order chi connectivity index (χ1) is 11.1. The lowest BCUT2D eigenvalue weighted by atomic mass is 10.1. The molecule has 1 aliphatic heterocycles. The number of aliphatic imine (C=N–C) groups is 1. The second kappa shape index (κ2) is 7.17. The van der Waals surface area contributed by atoms with Gasteiger partial charge in [0.2, 0.25) is 0 Å². The summed E-state index contributed by atoms with van der Waals surface area (Å²) in [5.74, 6) is 0.620. The highest BCUT2D eigenvalue weighted by molar-refractivity contribution is 5.78. The van der Waals surface area contributed by atoms with E-state index in [4.69, 9.17) is 5.73 Å². The lowest BCUT2D eigenvalue weighted by Gasteiger charge is -2.36. The van der Waals surface area contributed by atoms with Gasteiger partial charge in [-0.2, -0.15) is 0 Å². The minimum absolute atomic E-state index is 0.210. The van der Waals surface area contributed by atoms with Crippen LogP contribution in [-0.2, 0) is 0 Å². The van der Waals surface area contributed by atoms with Crippen molar-refractivity contribution in [1.82, 2.24) is 4.90 Å². The number of hydrogen-bond acceptors (Lipinski definition) is 3. The van der Waals surface area contributed by atoms with Gasteiger partial charge in [-0.05, 0) is 37.1 Å². The van der Waals surface area contributed by atoms with Crippen LogP contribution in [0.25, 0.3) is 0 Å². The van der Waals surface area contributed by atoms with Crippen molar-refractivity contribution in [1.29, 1.82) is 0 Å². The average molecular weight is 320 g/mol. The summed E-state index contributed by atoms with van der Waals surface area (Å²) in [5.41, 5.74) is 7.14. The minimum Gasteiger partial charge on any atom is -0.393 e. The zero-order valence-corrected chi connectivity index (χ0v) is 13.4. The van der Waals surface area contributed by atoms with Gasteiger partial charge in [-0.15, -0.1) is 0 Å². The summed E-state index contributed by atoms with van der Waals surface area (Å²) in [4.78, 5) is 8.79. The number of rotatable bonds is 3. The number of halogens is 1. The summed E-state index contributed by atoms with van der Waals surface area (Å²) in [5, 5.41) is 9.84. The van der Waals surface area contributed by atoms with Gasteiger partial charge < -0.3 is 20.6 Å². The maximum atomic E-state index is 13.0. The molecule has 1 aromatic carbocycles. The zero-order valence-electron chi connectivity index (χ0n) is 13.4. The Morgan fingerprint density at radius 2 is 1.87 bits per heavy atom. The first-order valence-corrected chi connectivity index (χ1v) is 8.37. The predicted molar refractivity (Wildman–Crippen MR) is 90.0 cm³/mol. The molecule has 5 nitrogen and oxygen atoms in total. The van der Waals surface area contributed by atoms with Crippen LogP contribution in [0, 0.1) is 11.7 Å². The van der Waals surface area contributed by atoms with Crippen molar-refractivity contribution >= 4 is 11.6 Å². The highest BCUT2D eigenvalue weighted by Gasteiger charge is 2.25. The molecule has 0 bridgehead atoms. The van der Waals surface area contributed by atoms with Crippen LogP contribution in [0.15, 0.2) is 29.3 Å². The molecule has 2 unspecified atom stereocenters. The lowest BCUT2D eigenvalue weighted by molar-refractivity contribution is 0.136. The fraction of sp³-hybridized carbons (Fsp3) is 0.588. The molecule has 1 saturated heterocycles. The number of piperazine rings is 1. The van der Waals surface area contributed by atoms with E-state index < -0.39 is 0 Å². The quantitative estimate of drug-likeness (QED) is 0.653. The van der Waals surface area contributed by atoms with Crippen molar-refractivity contribution in [2.75, 3.05) is 37.6 Å². The van der Waals surface area contributed by atoms with Crippen LogP contribution in [0.2, 0.25) is 0 Å². The zero-order chi connectivity index (χ0) is 16.2. The lowest BCUT2D eigenvalue weighted by Crippen LogP contribution is -2.51. The minimum atomic E-state index is -0.220. The maximum absolute atomic E-state index is 13.0. The molecule has 6 heteroatoms. The SMILES string of the molecule is NC(=NCC1CCCC1O)N1CCN(c2ccc(F)cc2)CC1. The van der Waals surface area contributed by atoms with Gasteiger partial charge in [-0.25, -0.2) is 4.39 Å². The molecule has 1 aromatic rings. The summed E-state index contributed by atoms with van der Waals surface area (Å²) in [7, 11) is 0. The molecule has 2 fully saturated rings. The van der Waals surface area contributed by atoms with Gasteiger partial charge in [0.15, 0.2) is 5.96 Å². The van der Waals surface area contributed by atoms with Gasteiger partial charge in [-0.3, -0.25) is 4.99 Å². The fourth-order valence-corrected chi connectivity index (χ4v) is 3.39. The van der Waals surface area contributed by atoms with Gasteiger partial charge in [-0.1, -0.05) is 6.42 Å². The van der Waals surface area contributed by atoms with E-state index in [9.17, 15) is 9.50 Å². The third-order valence-electron chi connectivity index (χ3n) is 4.90. The molecule has 1 aliphatic carbocycles. The summed E-state index contributed by atoms with van der Waals surface area (Å²) in [6.07, 6.45) is 2.78. The monoisotopic (exact) mass is 320 g/mol. The predicted octanol–water partition coefficient (Wildman–Crippen LogP) is 1.42. The van der Waals surface area contributed by atoms with Crippen LogP contribution in [0.5, 0.6) is 0 Å². The third kappa shape index (κ3) is 3.93. The van der Waals surface area contributed by atoms with Crippen molar-refractivity contribution in [2.45, 2.75) is 25.4 Å². The highest BCUT2D eigenvalue weighted by atomic mass is 19.1. The Hall–Kier alpha value is -1.82. The summed E-state index contributed by atoms with van der Waals surface area (Å²) >= 11 is 0. The van der Waals surface area contributed by atoms with E-state index in [1.807, 2.05) is 12.1 Å². The topological polar surface area (TPSA) is 65.1 Å². The number of nitrogens with zero attached hydrogens (tertiary/aromatic N) is 3. The van der Waals surface area contributed by atoms with Crippen molar-refractivity contribution < 1.29 is 9.50 Å². The van der Waals surface area contributed by atoms with Crippen LogP contribution >= 0.6 is 0 Å². The molecule has 0 aromatic heterocycles. The molecule has 23 heavy (non-hydrogen) atoms. The Morgan fingerprint density at radius 1 is 1.17 bits per heavy atom. The molecule has 0 spiro atoms. The maximum Gasteiger partial charge on any atom is 0.191 e. The molecular weight excluding hydrogens is 295 g/mol. The van der Waals surface area contributed by atoms with Crippen LogP contribution < -0.4 is 10.6 Å². The number of aliphatic hydroxyl groups is 1. The number of nitrogens with two attached hydrogens (primary N) is 1. The third-order valence-corrected chi connectivity index (χ3v) is 4.90. The molecule has 3 rings (SSSR count). The van der Waals surface area contributed by atoms with E-state index in [0.717, 1.165) is 51.1 Å². The van der Waals surface area contributed by atoms with E-state index in [1.54, 1.807) is 0 Å². The molecule has 126 valence electrons. The van der Waals surface area contributed by atoms with Crippen molar-refractivity contribution in [3.05, 3.63) is 30.1 Å². The highest BCUT2D eigenvalue weighted by Crippen LogP contribution is 2.25. The number of benzene rings is 1. The Balaban J connectivity index is 1.50. The molecule has 2 aliphatic rings. The van der Waals surface area contributed by atoms with Crippen LogP contribution in [0.4, 0.5) is 10.1 Å². The van der Waals surface area contributed by atoms with Crippen molar-refractivity contribution in [3.8, 4) is 0 Å². The Labute approximate surface area is 136 Å². The van der Waals surface area contributed by atoms with E-state index in [0.29, 0.717) is 12.5 Å². The summed E-state index contributed by atoms with van der Waals surface area (Å²) in [6.45, 7) is 3.91. The van der Waals surface area contributed by atoms with Crippen molar-refractivity contribution in [3.63, 3.8) is 0 Å². The number of hydrogen-bond donors (Lipinski definition) is 2. The molecular formula is C17H25FN4O. The fourth-order valence-electron chi connectivity index (χ4n) is 3.39. The Bertz CT molecular complexity index is 540. The molecule has 1 heterocycles. The smallest absolute Gasteiger partial charge is 0.191 e.